The second-order valence-corrected chi connectivity index (χ2v) is 4.29. The van der Waals surface area contributed by atoms with Gasteiger partial charge in [0.05, 0.1) is 0 Å². The van der Waals surface area contributed by atoms with Crippen molar-refractivity contribution in [1.82, 2.24) is 9.55 Å². The summed E-state index contributed by atoms with van der Waals surface area (Å²) in [7, 11) is 2.00. The van der Waals surface area contributed by atoms with Gasteiger partial charge in [-0.15, -0.1) is 0 Å². The minimum absolute atomic E-state index is 0.168. The van der Waals surface area contributed by atoms with Gasteiger partial charge in [0.25, 0.3) is 0 Å². The summed E-state index contributed by atoms with van der Waals surface area (Å²) < 4.78 is 2.02. The normalized spacial score (nSPS) is 16.2. The van der Waals surface area contributed by atoms with E-state index in [1.807, 2.05) is 24.0 Å². The van der Waals surface area contributed by atoms with Crippen LogP contribution in [0.1, 0.15) is 26.6 Å². The Morgan fingerprint density at radius 2 is 2.23 bits per heavy atom. The van der Waals surface area contributed by atoms with Crippen LogP contribution in [0.4, 0.5) is 0 Å². The molecule has 0 saturated carbocycles. The molecule has 0 aromatic carbocycles. The first-order valence-corrected chi connectivity index (χ1v) is 4.68. The van der Waals surface area contributed by atoms with Crippen molar-refractivity contribution < 1.29 is 0 Å². The van der Waals surface area contributed by atoms with Gasteiger partial charge in [-0.05, 0) is 12.8 Å². The Balaban J connectivity index is 2.74. The van der Waals surface area contributed by atoms with Crippen LogP contribution in [0.15, 0.2) is 12.4 Å². The monoisotopic (exact) mass is 181 g/mol. The van der Waals surface area contributed by atoms with E-state index in [0.29, 0.717) is 5.92 Å². The van der Waals surface area contributed by atoms with Gasteiger partial charge in [-0.3, -0.25) is 0 Å². The highest BCUT2D eigenvalue weighted by atomic mass is 15.0. The summed E-state index contributed by atoms with van der Waals surface area (Å²) in [4.78, 5) is 4.27. The number of aromatic nitrogens is 2. The fraction of sp³-hybridized carbons (Fsp3) is 0.700. The molecular weight excluding hydrogens is 162 g/mol. The van der Waals surface area contributed by atoms with Gasteiger partial charge >= 0.3 is 0 Å². The topological polar surface area (TPSA) is 43.8 Å². The van der Waals surface area contributed by atoms with Crippen molar-refractivity contribution >= 4 is 0 Å². The molecule has 3 heteroatoms. The Morgan fingerprint density at radius 1 is 1.62 bits per heavy atom. The summed E-state index contributed by atoms with van der Waals surface area (Å²) >= 11 is 0. The van der Waals surface area contributed by atoms with Crippen molar-refractivity contribution in [3.63, 3.8) is 0 Å². The molecule has 0 aliphatic carbocycles. The predicted octanol–water partition coefficient (Wildman–Crippen LogP) is 1.34. The van der Waals surface area contributed by atoms with Crippen LogP contribution in [0.2, 0.25) is 0 Å². The maximum absolute atomic E-state index is 6.17. The Hall–Kier alpha value is -0.830. The van der Waals surface area contributed by atoms with Gasteiger partial charge in [-0.1, -0.05) is 13.8 Å². The van der Waals surface area contributed by atoms with E-state index >= 15 is 0 Å². The molecule has 0 fully saturated rings. The molecule has 1 unspecified atom stereocenters. The van der Waals surface area contributed by atoms with E-state index < -0.39 is 0 Å². The fourth-order valence-electron chi connectivity index (χ4n) is 1.11. The van der Waals surface area contributed by atoms with E-state index in [9.17, 15) is 0 Å². The minimum atomic E-state index is -0.168. The standard InChI is InChI=1S/C10H19N3/c1-8(2)10(3,11)7-9-12-5-6-13(9)4/h5-6,8H,7,11H2,1-4H3. The SMILES string of the molecule is CC(C)C(C)(N)Cc1nccn1C. The lowest BCUT2D eigenvalue weighted by Crippen LogP contribution is -2.44. The smallest absolute Gasteiger partial charge is 0.110 e. The van der Waals surface area contributed by atoms with Gasteiger partial charge in [0.2, 0.25) is 0 Å². The predicted molar refractivity (Wildman–Crippen MR) is 54.3 cm³/mol. The molecular formula is C10H19N3. The van der Waals surface area contributed by atoms with Crippen molar-refractivity contribution in [2.24, 2.45) is 18.7 Å². The minimum Gasteiger partial charge on any atom is -0.338 e. The zero-order valence-electron chi connectivity index (χ0n) is 8.91. The summed E-state index contributed by atoms with van der Waals surface area (Å²) in [6.07, 6.45) is 4.59. The number of hydrogen-bond donors (Lipinski definition) is 1. The number of rotatable bonds is 3. The molecule has 0 spiro atoms. The number of hydrogen-bond acceptors (Lipinski definition) is 2. The lowest BCUT2D eigenvalue weighted by atomic mass is 9.86. The van der Waals surface area contributed by atoms with E-state index in [0.717, 1.165) is 12.2 Å². The van der Waals surface area contributed by atoms with Gasteiger partial charge in [-0.25, -0.2) is 4.98 Å². The highest BCUT2D eigenvalue weighted by Gasteiger charge is 2.24. The van der Waals surface area contributed by atoms with Crippen molar-refractivity contribution in [3.05, 3.63) is 18.2 Å². The Kier molecular flexibility index (Phi) is 2.76. The summed E-state index contributed by atoms with van der Waals surface area (Å²) in [5.41, 5.74) is 6.00. The van der Waals surface area contributed by atoms with Crippen molar-refractivity contribution in [2.45, 2.75) is 32.7 Å². The van der Waals surface area contributed by atoms with Crippen LogP contribution in [-0.2, 0) is 13.5 Å². The first-order valence-electron chi connectivity index (χ1n) is 4.68. The van der Waals surface area contributed by atoms with Gasteiger partial charge in [0, 0.05) is 31.4 Å². The third-order valence-electron chi connectivity index (χ3n) is 2.78. The molecule has 13 heavy (non-hydrogen) atoms. The molecule has 1 atom stereocenters. The zero-order valence-corrected chi connectivity index (χ0v) is 8.91. The highest BCUT2D eigenvalue weighted by molar-refractivity contribution is 4.99. The Morgan fingerprint density at radius 3 is 2.62 bits per heavy atom. The van der Waals surface area contributed by atoms with Crippen LogP contribution in [-0.4, -0.2) is 15.1 Å². The van der Waals surface area contributed by atoms with Crippen LogP contribution in [0, 0.1) is 5.92 Å². The number of imidazole rings is 1. The van der Waals surface area contributed by atoms with Crippen LogP contribution >= 0.6 is 0 Å². The first kappa shape index (κ1) is 10.3. The molecule has 0 aliphatic rings. The maximum atomic E-state index is 6.17. The summed E-state index contributed by atoms with van der Waals surface area (Å²) in [5, 5.41) is 0. The van der Waals surface area contributed by atoms with Gasteiger partial charge < -0.3 is 10.3 Å². The summed E-state index contributed by atoms with van der Waals surface area (Å²) in [6.45, 7) is 6.36. The lowest BCUT2D eigenvalue weighted by Gasteiger charge is -2.28. The third-order valence-corrected chi connectivity index (χ3v) is 2.78. The third kappa shape index (κ3) is 2.31. The number of nitrogens with two attached hydrogens (primary N) is 1. The molecule has 74 valence electrons. The number of aryl methyl sites for hydroxylation is 1. The van der Waals surface area contributed by atoms with Crippen molar-refractivity contribution in [1.29, 1.82) is 0 Å². The van der Waals surface area contributed by atoms with E-state index in [2.05, 4.69) is 25.8 Å². The van der Waals surface area contributed by atoms with E-state index in [1.54, 1.807) is 0 Å². The Labute approximate surface area is 80.0 Å². The fourth-order valence-corrected chi connectivity index (χ4v) is 1.11. The summed E-state index contributed by atoms with van der Waals surface area (Å²) in [6, 6.07) is 0. The molecule has 1 aromatic heterocycles. The quantitative estimate of drug-likeness (QED) is 0.764. The van der Waals surface area contributed by atoms with Crippen LogP contribution in [0.25, 0.3) is 0 Å². The molecule has 1 aromatic rings. The second kappa shape index (κ2) is 3.50. The largest absolute Gasteiger partial charge is 0.338 e. The van der Waals surface area contributed by atoms with E-state index in [1.165, 1.54) is 0 Å². The first-order chi connectivity index (χ1) is 5.93. The highest BCUT2D eigenvalue weighted by Crippen LogP contribution is 2.17. The Bertz CT molecular complexity index is 273. The second-order valence-electron chi connectivity index (χ2n) is 4.29. The molecule has 3 nitrogen and oxygen atoms in total. The van der Waals surface area contributed by atoms with Crippen LogP contribution in [0.5, 0.6) is 0 Å². The lowest BCUT2D eigenvalue weighted by molar-refractivity contribution is 0.329. The van der Waals surface area contributed by atoms with Crippen molar-refractivity contribution in [2.75, 3.05) is 0 Å². The zero-order chi connectivity index (χ0) is 10.1. The van der Waals surface area contributed by atoms with E-state index in [4.69, 9.17) is 5.73 Å². The van der Waals surface area contributed by atoms with Gasteiger partial charge in [0.1, 0.15) is 5.82 Å². The summed E-state index contributed by atoms with van der Waals surface area (Å²) in [5.74, 6) is 1.52. The van der Waals surface area contributed by atoms with E-state index in [-0.39, 0.29) is 5.54 Å². The molecule has 0 radical (unpaired) electrons. The average molecular weight is 181 g/mol. The molecule has 0 saturated heterocycles. The number of nitrogens with zero attached hydrogens (tertiary/aromatic N) is 2. The maximum Gasteiger partial charge on any atom is 0.110 e. The van der Waals surface area contributed by atoms with Crippen molar-refractivity contribution in [3.8, 4) is 0 Å². The molecule has 1 heterocycles. The van der Waals surface area contributed by atoms with Gasteiger partial charge in [-0.2, -0.15) is 0 Å². The molecule has 0 aliphatic heterocycles. The molecule has 1 rings (SSSR count). The van der Waals surface area contributed by atoms with Crippen LogP contribution in [0.3, 0.4) is 0 Å². The molecule has 2 N–H and O–H groups in total. The average Bonchev–Trinajstić information content (AvgIpc) is 2.35. The molecule has 0 bridgehead atoms. The molecule has 0 amide bonds. The van der Waals surface area contributed by atoms with Crippen LogP contribution < -0.4 is 5.73 Å². The van der Waals surface area contributed by atoms with Gasteiger partial charge in [0.15, 0.2) is 0 Å².